The summed E-state index contributed by atoms with van der Waals surface area (Å²) in [5, 5.41) is 2.85. The SMILES string of the molecule is O=C(NCc1cccc(F)c1)C1Cc2cc(C(F)(F)F)ccc2N2CCCCC12. The molecule has 0 aromatic heterocycles. The molecule has 7 heteroatoms. The smallest absolute Gasteiger partial charge is 0.368 e. The van der Waals surface area contributed by atoms with Gasteiger partial charge in [0.1, 0.15) is 5.82 Å². The van der Waals surface area contributed by atoms with Gasteiger partial charge in [-0.25, -0.2) is 4.39 Å². The monoisotopic (exact) mass is 406 g/mol. The van der Waals surface area contributed by atoms with Gasteiger partial charge in [-0.15, -0.1) is 0 Å². The van der Waals surface area contributed by atoms with Crippen molar-refractivity contribution < 1.29 is 22.4 Å². The highest BCUT2D eigenvalue weighted by molar-refractivity contribution is 5.82. The van der Waals surface area contributed by atoms with Gasteiger partial charge in [0.05, 0.1) is 11.5 Å². The molecule has 2 heterocycles. The van der Waals surface area contributed by atoms with Gasteiger partial charge < -0.3 is 10.2 Å². The van der Waals surface area contributed by atoms with E-state index in [0.29, 0.717) is 11.1 Å². The van der Waals surface area contributed by atoms with Gasteiger partial charge in [-0.1, -0.05) is 12.1 Å². The van der Waals surface area contributed by atoms with Crippen LogP contribution in [-0.2, 0) is 23.9 Å². The van der Waals surface area contributed by atoms with E-state index >= 15 is 0 Å². The molecule has 2 atom stereocenters. The molecule has 1 saturated heterocycles. The first-order chi connectivity index (χ1) is 13.8. The molecule has 154 valence electrons. The maximum absolute atomic E-state index is 13.4. The number of fused-ring (bicyclic) bond motifs is 3. The van der Waals surface area contributed by atoms with Gasteiger partial charge in [0, 0.05) is 24.8 Å². The van der Waals surface area contributed by atoms with Crippen LogP contribution in [0.3, 0.4) is 0 Å². The summed E-state index contributed by atoms with van der Waals surface area (Å²) >= 11 is 0. The Morgan fingerprint density at radius 3 is 2.72 bits per heavy atom. The molecule has 2 unspecified atom stereocenters. The number of piperidine rings is 1. The number of alkyl halides is 3. The Labute approximate surface area is 166 Å². The van der Waals surface area contributed by atoms with Crippen LogP contribution in [0.1, 0.15) is 36.0 Å². The minimum atomic E-state index is -4.41. The minimum Gasteiger partial charge on any atom is -0.368 e. The number of nitrogens with zero attached hydrogens (tertiary/aromatic N) is 1. The highest BCUT2D eigenvalue weighted by atomic mass is 19.4. The summed E-state index contributed by atoms with van der Waals surface area (Å²) in [7, 11) is 0. The zero-order valence-electron chi connectivity index (χ0n) is 15.8. The zero-order valence-corrected chi connectivity index (χ0v) is 15.8. The number of benzene rings is 2. The minimum absolute atomic E-state index is 0.0273. The molecular formula is C22H22F4N2O. The highest BCUT2D eigenvalue weighted by Crippen LogP contribution is 2.41. The summed E-state index contributed by atoms with van der Waals surface area (Å²) in [5.41, 5.74) is 1.32. The third-order valence-corrected chi connectivity index (χ3v) is 5.86. The van der Waals surface area contributed by atoms with Crippen molar-refractivity contribution in [1.29, 1.82) is 0 Å². The summed E-state index contributed by atoms with van der Waals surface area (Å²) in [6.07, 6.45) is -1.36. The Bertz CT molecular complexity index is 912. The fraction of sp³-hybridized carbons (Fsp3) is 0.409. The van der Waals surface area contributed by atoms with Gasteiger partial charge in [-0.3, -0.25) is 4.79 Å². The van der Waals surface area contributed by atoms with Crippen molar-refractivity contribution in [3.05, 3.63) is 65.0 Å². The Kier molecular flexibility index (Phi) is 5.23. The van der Waals surface area contributed by atoms with E-state index < -0.39 is 17.7 Å². The average Bonchev–Trinajstić information content (AvgIpc) is 2.70. The molecule has 0 bridgehead atoms. The first-order valence-electron chi connectivity index (χ1n) is 9.82. The van der Waals surface area contributed by atoms with Crippen molar-refractivity contribution in [2.75, 3.05) is 11.4 Å². The van der Waals surface area contributed by atoms with Crippen LogP contribution in [0.25, 0.3) is 0 Å². The van der Waals surface area contributed by atoms with E-state index in [4.69, 9.17) is 0 Å². The van der Waals surface area contributed by atoms with Gasteiger partial charge in [0.15, 0.2) is 0 Å². The second-order valence-corrected chi connectivity index (χ2v) is 7.76. The van der Waals surface area contributed by atoms with Crippen LogP contribution < -0.4 is 10.2 Å². The maximum atomic E-state index is 13.4. The van der Waals surface area contributed by atoms with Crippen molar-refractivity contribution in [3.63, 3.8) is 0 Å². The Morgan fingerprint density at radius 1 is 1.14 bits per heavy atom. The zero-order chi connectivity index (χ0) is 20.6. The number of hydrogen-bond donors (Lipinski definition) is 1. The molecule has 0 aliphatic carbocycles. The first kappa shape index (κ1) is 19.7. The largest absolute Gasteiger partial charge is 0.416 e. The van der Waals surface area contributed by atoms with E-state index in [1.54, 1.807) is 12.1 Å². The van der Waals surface area contributed by atoms with Gasteiger partial charge >= 0.3 is 6.18 Å². The van der Waals surface area contributed by atoms with Crippen molar-refractivity contribution in [1.82, 2.24) is 5.32 Å². The van der Waals surface area contributed by atoms with Gasteiger partial charge in [0.2, 0.25) is 5.91 Å². The van der Waals surface area contributed by atoms with Gasteiger partial charge in [-0.05, 0) is 67.1 Å². The molecule has 2 aromatic carbocycles. The standard InChI is InChI=1S/C22H22F4N2O/c23-17-5-3-4-14(10-17)13-27-21(29)18-12-15-11-16(22(24,25)26)7-8-19(15)28-9-2-1-6-20(18)28/h3-5,7-8,10-11,18,20H,1-2,6,9,12-13H2,(H,27,29). The molecule has 0 radical (unpaired) electrons. The third kappa shape index (κ3) is 4.09. The third-order valence-electron chi connectivity index (χ3n) is 5.86. The molecule has 0 spiro atoms. The topological polar surface area (TPSA) is 32.3 Å². The van der Waals surface area contributed by atoms with Gasteiger partial charge in [-0.2, -0.15) is 13.2 Å². The summed E-state index contributed by atoms with van der Waals surface area (Å²) in [6.45, 7) is 0.923. The lowest BCUT2D eigenvalue weighted by molar-refractivity contribution is -0.137. The second-order valence-electron chi connectivity index (χ2n) is 7.76. The molecule has 1 N–H and O–H groups in total. The van der Waals surface area contributed by atoms with E-state index in [1.807, 2.05) is 0 Å². The molecule has 2 aliphatic heterocycles. The molecule has 29 heavy (non-hydrogen) atoms. The highest BCUT2D eigenvalue weighted by Gasteiger charge is 2.40. The molecule has 4 rings (SSSR count). The summed E-state index contributed by atoms with van der Waals surface area (Å²) < 4.78 is 52.8. The Morgan fingerprint density at radius 2 is 1.97 bits per heavy atom. The van der Waals surface area contributed by atoms with Crippen LogP contribution in [0.5, 0.6) is 0 Å². The second kappa shape index (κ2) is 7.69. The number of amides is 1. The van der Waals surface area contributed by atoms with Crippen LogP contribution in [0.2, 0.25) is 0 Å². The van der Waals surface area contributed by atoms with E-state index in [-0.39, 0.29) is 30.7 Å². The predicted molar refractivity (Wildman–Crippen MR) is 102 cm³/mol. The molecule has 2 aromatic rings. The lowest BCUT2D eigenvalue weighted by Gasteiger charge is -2.46. The summed E-state index contributed by atoms with van der Waals surface area (Å²) in [5.74, 6) is -1.00. The number of anilines is 1. The average molecular weight is 406 g/mol. The number of rotatable bonds is 3. The predicted octanol–water partition coefficient (Wildman–Crippen LogP) is 4.69. The molecule has 1 amide bonds. The molecular weight excluding hydrogens is 384 g/mol. The quantitative estimate of drug-likeness (QED) is 0.750. The Hall–Kier alpha value is -2.57. The number of carbonyl (C=O) groups excluding carboxylic acids is 1. The number of nitrogens with one attached hydrogen (secondary N) is 1. The van der Waals surface area contributed by atoms with Gasteiger partial charge in [0.25, 0.3) is 0 Å². The molecule has 2 aliphatic rings. The van der Waals surface area contributed by atoms with Crippen molar-refractivity contribution in [3.8, 4) is 0 Å². The maximum Gasteiger partial charge on any atom is 0.416 e. The molecule has 0 saturated carbocycles. The van der Waals surface area contributed by atoms with Crippen molar-refractivity contribution in [2.24, 2.45) is 5.92 Å². The summed E-state index contributed by atoms with van der Waals surface area (Å²) in [6, 6.07) is 9.80. The van der Waals surface area contributed by atoms with Crippen molar-refractivity contribution in [2.45, 2.75) is 44.4 Å². The Balaban J connectivity index is 1.57. The lowest BCUT2D eigenvalue weighted by atomic mass is 9.80. The number of carbonyl (C=O) groups is 1. The number of halogens is 4. The normalized spacial score (nSPS) is 21.3. The fourth-order valence-corrected chi connectivity index (χ4v) is 4.49. The number of hydrogen-bond acceptors (Lipinski definition) is 2. The lowest BCUT2D eigenvalue weighted by Crippen LogP contribution is -2.53. The van der Waals surface area contributed by atoms with Crippen molar-refractivity contribution >= 4 is 11.6 Å². The first-order valence-corrected chi connectivity index (χ1v) is 9.82. The van der Waals surface area contributed by atoms with E-state index in [9.17, 15) is 22.4 Å². The van der Waals surface area contributed by atoms with Crippen LogP contribution in [-0.4, -0.2) is 18.5 Å². The van der Waals surface area contributed by atoms with E-state index in [2.05, 4.69) is 10.2 Å². The van der Waals surface area contributed by atoms with Crippen LogP contribution in [0.4, 0.5) is 23.2 Å². The van der Waals surface area contributed by atoms with Crippen LogP contribution in [0, 0.1) is 11.7 Å². The molecule has 1 fully saturated rings. The van der Waals surface area contributed by atoms with E-state index in [0.717, 1.165) is 37.6 Å². The summed E-state index contributed by atoms with van der Waals surface area (Å²) in [4.78, 5) is 15.0. The van der Waals surface area contributed by atoms with Crippen LogP contribution >= 0.6 is 0 Å². The fourth-order valence-electron chi connectivity index (χ4n) is 4.49. The molecule has 3 nitrogen and oxygen atoms in total. The van der Waals surface area contributed by atoms with Crippen LogP contribution in [0.15, 0.2) is 42.5 Å². The van der Waals surface area contributed by atoms with E-state index in [1.165, 1.54) is 24.3 Å².